The van der Waals surface area contributed by atoms with Gasteiger partial charge in [0.15, 0.2) is 11.5 Å². The van der Waals surface area contributed by atoms with E-state index in [9.17, 15) is 9.90 Å². The largest absolute Gasteiger partial charge is 0.505 e. The van der Waals surface area contributed by atoms with Gasteiger partial charge in [0.05, 0.1) is 0 Å². The number of amides is 1. The van der Waals surface area contributed by atoms with Gasteiger partial charge in [-0.1, -0.05) is 47.3 Å². The van der Waals surface area contributed by atoms with Gasteiger partial charge in [-0.2, -0.15) is 5.10 Å². The van der Waals surface area contributed by atoms with E-state index in [1.807, 2.05) is 12.1 Å². The van der Waals surface area contributed by atoms with Crippen LogP contribution in [0.15, 0.2) is 39.5 Å². The Labute approximate surface area is 137 Å². The Bertz CT molecular complexity index is 631. The Hall–Kier alpha value is -1.82. The highest BCUT2D eigenvalue weighted by Gasteiger charge is 2.27. The number of carbonyl (C=O) groups excluding carboxylic acids is 1. The lowest BCUT2D eigenvalue weighted by molar-refractivity contribution is -0.116. The van der Waals surface area contributed by atoms with Crippen LogP contribution in [-0.4, -0.2) is 16.8 Å². The van der Waals surface area contributed by atoms with Crippen molar-refractivity contribution < 1.29 is 9.90 Å². The number of carbonyl (C=O) groups is 1. The summed E-state index contributed by atoms with van der Waals surface area (Å²) in [5, 5.41) is 17.4. The molecule has 0 spiro atoms. The summed E-state index contributed by atoms with van der Waals surface area (Å²) >= 11 is 3.34. The first-order valence-electron chi connectivity index (χ1n) is 7.49. The molecule has 1 amide bonds. The van der Waals surface area contributed by atoms with Crippen molar-refractivity contribution in [3.8, 4) is 0 Å². The second-order valence-corrected chi connectivity index (χ2v) is 6.54. The summed E-state index contributed by atoms with van der Waals surface area (Å²) in [6.45, 7) is 0. The molecule has 6 heteroatoms. The number of benzene rings is 1. The molecule has 0 aromatic heterocycles. The molecule has 22 heavy (non-hydrogen) atoms. The predicted molar refractivity (Wildman–Crippen MR) is 89.0 cm³/mol. The SMILES string of the molecule is O=C1NC(C2CCCCC2)=NN/C1=C(/O)c1ccc(Br)cc1. The predicted octanol–water partition coefficient (Wildman–Crippen LogP) is 3.29. The molecule has 0 bridgehead atoms. The Morgan fingerprint density at radius 3 is 2.50 bits per heavy atom. The van der Waals surface area contributed by atoms with Crippen molar-refractivity contribution in [2.75, 3.05) is 0 Å². The van der Waals surface area contributed by atoms with Gasteiger partial charge in [-0.25, -0.2) is 0 Å². The first kappa shape index (κ1) is 15.1. The third kappa shape index (κ3) is 3.16. The molecule has 3 N–H and O–H groups in total. The summed E-state index contributed by atoms with van der Waals surface area (Å²) in [6.07, 6.45) is 5.70. The lowest BCUT2D eigenvalue weighted by atomic mass is 9.88. The van der Waals surface area contributed by atoms with Gasteiger partial charge in [0, 0.05) is 16.0 Å². The van der Waals surface area contributed by atoms with E-state index in [0.29, 0.717) is 17.3 Å². The number of aliphatic hydroxyl groups is 1. The van der Waals surface area contributed by atoms with Crippen molar-refractivity contribution in [3.63, 3.8) is 0 Å². The minimum Gasteiger partial charge on any atom is -0.505 e. The van der Waals surface area contributed by atoms with Gasteiger partial charge in [-0.15, -0.1) is 0 Å². The Morgan fingerprint density at radius 2 is 1.86 bits per heavy atom. The van der Waals surface area contributed by atoms with Crippen molar-refractivity contribution in [3.05, 3.63) is 40.0 Å². The number of rotatable bonds is 2. The average Bonchev–Trinajstić information content (AvgIpc) is 2.56. The molecule has 1 aromatic rings. The van der Waals surface area contributed by atoms with Crippen LogP contribution in [-0.2, 0) is 4.79 Å². The van der Waals surface area contributed by atoms with Crippen LogP contribution in [0.3, 0.4) is 0 Å². The number of nitrogens with one attached hydrogen (secondary N) is 2. The fourth-order valence-corrected chi connectivity index (χ4v) is 3.12. The molecule has 1 heterocycles. The van der Waals surface area contributed by atoms with Gasteiger partial charge in [0.2, 0.25) is 0 Å². The standard InChI is InChI=1S/C16H18BrN3O2/c17-12-8-6-10(7-9-12)14(21)13-16(22)18-15(20-19-13)11-4-2-1-3-5-11/h6-9,11,19,21H,1-5H2,(H,18,20,22)/b14-13+. The fourth-order valence-electron chi connectivity index (χ4n) is 2.86. The molecule has 1 aliphatic heterocycles. The molecule has 0 unspecified atom stereocenters. The summed E-state index contributed by atoms with van der Waals surface area (Å²) in [4.78, 5) is 12.2. The fraction of sp³-hybridized carbons (Fsp3) is 0.375. The lowest BCUT2D eigenvalue weighted by Crippen LogP contribution is -2.45. The van der Waals surface area contributed by atoms with Crippen LogP contribution < -0.4 is 10.7 Å². The first-order chi connectivity index (χ1) is 10.6. The van der Waals surface area contributed by atoms with Crippen LogP contribution in [0.4, 0.5) is 0 Å². The molecule has 0 atom stereocenters. The number of hydrazone groups is 1. The maximum absolute atomic E-state index is 12.2. The first-order valence-corrected chi connectivity index (χ1v) is 8.28. The third-order valence-electron chi connectivity index (χ3n) is 4.10. The van der Waals surface area contributed by atoms with Crippen LogP contribution in [0.2, 0.25) is 0 Å². The smallest absolute Gasteiger partial charge is 0.278 e. The molecular weight excluding hydrogens is 346 g/mol. The molecule has 116 valence electrons. The van der Waals surface area contributed by atoms with Crippen molar-refractivity contribution in [2.45, 2.75) is 32.1 Å². The van der Waals surface area contributed by atoms with Gasteiger partial charge in [0.25, 0.3) is 5.91 Å². The maximum Gasteiger partial charge on any atom is 0.278 e. The highest BCUT2D eigenvalue weighted by Crippen LogP contribution is 2.25. The molecule has 0 radical (unpaired) electrons. The van der Waals surface area contributed by atoms with Gasteiger partial charge in [0.1, 0.15) is 5.84 Å². The van der Waals surface area contributed by atoms with Crippen molar-refractivity contribution in [1.29, 1.82) is 0 Å². The maximum atomic E-state index is 12.2. The number of hydrogen-bond acceptors (Lipinski definition) is 4. The van der Waals surface area contributed by atoms with E-state index in [0.717, 1.165) is 17.3 Å². The van der Waals surface area contributed by atoms with E-state index in [1.165, 1.54) is 19.3 Å². The normalized spacial score (nSPS) is 21.7. The molecule has 5 nitrogen and oxygen atoms in total. The van der Waals surface area contributed by atoms with Crippen molar-refractivity contribution in [1.82, 2.24) is 10.7 Å². The summed E-state index contributed by atoms with van der Waals surface area (Å²) < 4.78 is 0.910. The molecule has 2 aliphatic rings. The molecule has 3 rings (SSSR count). The van der Waals surface area contributed by atoms with E-state index in [-0.39, 0.29) is 17.4 Å². The zero-order valence-corrected chi connectivity index (χ0v) is 13.7. The van der Waals surface area contributed by atoms with Crippen LogP contribution in [0.25, 0.3) is 5.76 Å². The Kier molecular flexibility index (Phi) is 4.47. The minimum absolute atomic E-state index is 0.0851. The number of hydrogen-bond donors (Lipinski definition) is 3. The topological polar surface area (TPSA) is 73.7 Å². The highest BCUT2D eigenvalue weighted by molar-refractivity contribution is 9.10. The van der Waals surface area contributed by atoms with Crippen LogP contribution in [0.5, 0.6) is 0 Å². The molecule has 1 saturated carbocycles. The quantitative estimate of drug-likeness (QED) is 0.557. The number of aliphatic hydroxyl groups excluding tert-OH is 1. The summed E-state index contributed by atoms with van der Waals surface area (Å²) in [7, 11) is 0. The zero-order chi connectivity index (χ0) is 15.5. The van der Waals surface area contributed by atoms with Crippen LogP contribution in [0.1, 0.15) is 37.7 Å². The zero-order valence-electron chi connectivity index (χ0n) is 12.1. The van der Waals surface area contributed by atoms with E-state index in [2.05, 4.69) is 31.8 Å². The van der Waals surface area contributed by atoms with E-state index >= 15 is 0 Å². The van der Waals surface area contributed by atoms with Gasteiger partial charge < -0.3 is 10.4 Å². The van der Waals surface area contributed by atoms with Crippen LogP contribution >= 0.6 is 15.9 Å². The molecule has 1 aliphatic carbocycles. The second-order valence-electron chi connectivity index (χ2n) is 5.63. The highest BCUT2D eigenvalue weighted by atomic mass is 79.9. The van der Waals surface area contributed by atoms with Gasteiger partial charge in [-0.05, 0) is 25.0 Å². The van der Waals surface area contributed by atoms with Gasteiger partial charge in [-0.3, -0.25) is 10.2 Å². The Balaban J connectivity index is 1.81. The number of halogens is 1. The summed E-state index contributed by atoms with van der Waals surface area (Å²) in [5.74, 6) is 0.561. The molecule has 0 saturated heterocycles. The molecular formula is C16H18BrN3O2. The van der Waals surface area contributed by atoms with E-state index in [4.69, 9.17) is 0 Å². The second kappa shape index (κ2) is 6.52. The number of nitrogens with zero attached hydrogens (tertiary/aromatic N) is 1. The van der Waals surface area contributed by atoms with Crippen LogP contribution in [0, 0.1) is 5.92 Å². The van der Waals surface area contributed by atoms with E-state index < -0.39 is 0 Å². The van der Waals surface area contributed by atoms with E-state index in [1.54, 1.807) is 12.1 Å². The summed E-state index contributed by atoms with van der Waals surface area (Å²) in [6, 6.07) is 7.09. The summed E-state index contributed by atoms with van der Waals surface area (Å²) in [5.41, 5.74) is 3.37. The van der Waals surface area contributed by atoms with Gasteiger partial charge >= 0.3 is 0 Å². The molecule has 1 aromatic carbocycles. The lowest BCUT2D eigenvalue weighted by Gasteiger charge is -2.26. The van der Waals surface area contributed by atoms with Crippen molar-refractivity contribution in [2.24, 2.45) is 11.0 Å². The number of amidine groups is 1. The van der Waals surface area contributed by atoms with Crippen molar-refractivity contribution >= 4 is 33.4 Å². The monoisotopic (exact) mass is 363 g/mol. The Morgan fingerprint density at radius 1 is 1.18 bits per heavy atom. The minimum atomic E-state index is -0.337. The third-order valence-corrected chi connectivity index (χ3v) is 4.63. The molecule has 1 fully saturated rings. The average molecular weight is 364 g/mol.